The van der Waals surface area contributed by atoms with E-state index in [-0.39, 0.29) is 17.1 Å². The average Bonchev–Trinajstić information content (AvgIpc) is 3.52. The van der Waals surface area contributed by atoms with Crippen LogP contribution >= 0.6 is 0 Å². The SMILES string of the molecule is CN(CC1(c2ccccc2)CC1CN1CCC(n2c(=O)[nH]c3ccccc32)CC1)S(=O)(=O)c1ccccc1. The van der Waals surface area contributed by atoms with Crippen LogP contribution in [0.2, 0.25) is 0 Å². The number of nitrogens with one attached hydrogen (secondary N) is 1. The zero-order valence-electron chi connectivity index (χ0n) is 21.7. The van der Waals surface area contributed by atoms with Gasteiger partial charge in [0.1, 0.15) is 0 Å². The molecule has 0 amide bonds. The van der Waals surface area contributed by atoms with E-state index in [0.29, 0.717) is 17.4 Å². The number of benzene rings is 3. The lowest BCUT2D eigenvalue weighted by molar-refractivity contribution is 0.175. The first kappa shape index (κ1) is 25.1. The molecule has 6 rings (SSSR count). The number of para-hydroxylation sites is 2. The number of hydrogen-bond donors (Lipinski definition) is 1. The molecule has 2 fully saturated rings. The molecule has 1 aliphatic heterocycles. The van der Waals surface area contributed by atoms with E-state index >= 15 is 0 Å². The Hall–Kier alpha value is -3.20. The van der Waals surface area contributed by atoms with Crippen LogP contribution in [0.25, 0.3) is 11.0 Å². The van der Waals surface area contributed by atoms with E-state index in [2.05, 4.69) is 22.0 Å². The summed E-state index contributed by atoms with van der Waals surface area (Å²) in [6.07, 6.45) is 2.82. The van der Waals surface area contributed by atoms with Gasteiger partial charge < -0.3 is 9.88 Å². The monoisotopic (exact) mass is 530 g/mol. The minimum Gasteiger partial charge on any atom is -0.306 e. The topological polar surface area (TPSA) is 78.4 Å². The van der Waals surface area contributed by atoms with Crippen LogP contribution in [-0.2, 0) is 15.4 Å². The van der Waals surface area contributed by atoms with Crippen molar-refractivity contribution in [2.24, 2.45) is 5.92 Å². The largest absolute Gasteiger partial charge is 0.326 e. The number of likely N-dealkylation sites (N-methyl/N-ethyl adjacent to an activating group) is 1. The van der Waals surface area contributed by atoms with Crippen molar-refractivity contribution in [1.29, 1.82) is 0 Å². The predicted molar refractivity (Wildman–Crippen MR) is 150 cm³/mol. The number of rotatable bonds is 8. The van der Waals surface area contributed by atoms with Crippen LogP contribution in [0.1, 0.15) is 30.9 Å². The molecule has 2 atom stereocenters. The summed E-state index contributed by atoms with van der Waals surface area (Å²) in [6, 6.07) is 27.1. The predicted octanol–water partition coefficient (Wildman–Crippen LogP) is 4.25. The molecule has 2 heterocycles. The van der Waals surface area contributed by atoms with E-state index in [1.165, 1.54) is 9.87 Å². The van der Waals surface area contributed by atoms with Gasteiger partial charge in [0.2, 0.25) is 10.0 Å². The number of H-pyrrole nitrogens is 1. The smallest absolute Gasteiger partial charge is 0.306 e. The molecule has 1 aliphatic carbocycles. The average molecular weight is 531 g/mol. The molecule has 3 aromatic carbocycles. The second-order valence-electron chi connectivity index (χ2n) is 10.8. The van der Waals surface area contributed by atoms with Crippen LogP contribution in [0.4, 0.5) is 0 Å². The first-order chi connectivity index (χ1) is 18.4. The van der Waals surface area contributed by atoms with Crippen LogP contribution < -0.4 is 5.69 Å². The van der Waals surface area contributed by atoms with Crippen molar-refractivity contribution in [1.82, 2.24) is 18.8 Å². The molecule has 0 bridgehead atoms. The highest BCUT2D eigenvalue weighted by Gasteiger charge is 2.56. The Labute approximate surface area is 223 Å². The third-order valence-electron chi connectivity index (χ3n) is 8.56. The van der Waals surface area contributed by atoms with Crippen molar-refractivity contribution in [2.45, 2.75) is 35.6 Å². The zero-order valence-corrected chi connectivity index (χ0v) is 22.5. The Balaban J connectivity index is 1.16. The number of sulfonamides is 1. The van der Waals surface area contributed by atoms with E-state index < -0.39 is 10.0 Å². The minimum atomic E-state index is -3.57. The lowest BCUT2D eigenvalue weighted by Gasteiger charge is -2.33. The molecule has 2 unspecified atom stereocenters. The number of aromatic nitrogens is 2. The van der Waals surface area contributed by atoms with Gasteiger partial charge in [-0.3, -0.25) is 4.57 Å². The summed E-state index contributed by atoms with van der Waals surface area (Å²) in [7, 11) is -1.87. The van der Waals surface area contributed by atoms with Crippen molar-refractivity contribution in [3.8, 4) is 0 Å². The van der Waals surface area contributed by atoms with E-state index in [1.54, 1.807) is 31.3 Å². The lowest BCUT2D eigenvalue weighted by Crippen LogP contribution is -2.40. The Kier molecular flexibility index (Phi) is 6.50. The van der Waals surface area contributed by atoms with Crippen LogP contribution in [-0.4, -0.2) is 60.4 Å². The molecule has 1 saturated carbocycles. The van der Waals surface area contributed by atoms with E-state index in [0.717, 1.165) is 49.9 Å². The van der Waals surface area contributed by atoms with E-state index in [4.69, 9.17) is 0 Å². The molecule has 4 aromatic rings. The Bertz CT molecular complexity index is 1570. The first-order valence-corrected chi connectivity index (χ1v) is 14.8. The molecule has 2 aliphatic rings. The Morgan fingerprint density at radius 3 is 2.26 bits per heavy atom. The van der Waals surface area contributed by atoms with Crippen molar-refractivity contribution in [2.75, 3.05) is 33.2 Å². The number of hydrogen-bond acceptors (Lipinski definition) is 4. The van der Waals surface area contributed by atoms with Gasteiger partial charge in [0, 0.05) is 44.7 Å². The van der Waals surface area contributed by atoms with Gasteiger partial charge in [-0.25, -0.2) is 17.5 Å². The standard InChI is InChI=1S/C30H34N4O3S/c1-32(38(36,37)26-12-6-3-7-13-26)22-30(23-10-4-2-5-11-23)20-24(30)21-33-18-16-25(17-19-33)34-28-15-9-8-14-27(28)31-29(34)35/h2-15,24-25H,16-22H2,1H3,(H,31,35). The number of aromatic amines is 1. The van der Waals surface area contributed by atoms with Crippen LogP contribution in [0.3, 0.4) is 0 Å². The number of imidazole rings is 1. The van der Waals surface area contributed by atoms with Gasteiger partial charge in [-0.05, 0) is 55.0 Å². The molecular formula is C30H34N4O3S. The molecule has 7 nitrogen and oxygen atoms in total. The molecule has 1 aromatic heterocycles. The zero-order chi connectivity index (χ0) is 26.3. The number of fused-ring (bicyclic) bond motifs is 1. The summed E-state index contributed by atoms with van der Waals surface area (Å²) in [5, 5.41) is 0. The summed E-state index contributed by atoms with van der Waals surface area (Å²) >= 11 is 0. The van der Waals surface area contributed by atoms with Gasteiger partial charge in [0.25, 0.3) is 0 Å². The second-order valence-corrected chi connectivity index (χ2v) is 12.9. The van der Waals surface area contributed by atoms with Gasteiger partial charge in [0.05, 0.1) is 15.9 Å². The second kappa shape index (κ2) is 9.84. The Morgan fingerprint density at radius 2 is 1.55 bits per heavy atom. The fraction of sp³-hybridized carbons (Fsp3) is 0.367. The quantitative estimate of drug-likeness (QED) is 0.370. The van der Waals surface area contributed by atoms with Gasteiger partial charge >= 0.3 is 5.69 Å². The van der Waals surface area contributed by atoms with E-state index in [9.17, 15) is 13.2 Å². The van der Waals surface area contributed by atoms with Crippen LogP contribution in [0.15, 0.2) is 94.6 Å². The third kappa shape index (κ3) is 4.51. The number of likely N-dealkylation sites (tertiary alicyclic amines) is 1. The molecular weight excluding hydrogens is 496 g/mol. The molecule has 0 spiro atoms. The van der Waals surface area contributed by atoms with Crippen molar-refractivity contribution < 1.29 is 8.42 Å². The Morgan fingerprint density at radius 1 is 0.921 bits per heavy atom. The summed E-state index contributed by atoms with van der Waals surface area (Å²) in [6.45, 7) is 3.25. The van der Waals surface area contributed by atoms with Crippen molar-refractivity contribution >= 4 is 21.1 Å². The molecule has 0 radical (unpaired) electrons. The number of nitrogens with zero attached hydrogens (tertiary/aromatic N) is 3. The maximum atomic E-state index is 13.3. The highest BCUT2D eigenvalue weighted by Crippen LogP contribution is 2.55. The molecule has 1 saturated heterocycles. The van der Waals surface area contributed by atoms with Gasteiger partial charge in [-0.2, -0.15) is 0 Å². The summed E-state index contributed by atoms with van der Waals surface area (Å²) in [5.74, 6) is 0.380. The molecule has 1 N–H and O–H groups in total. The third-order valence-corrected chi connectivity index (χ3v) is 10.4. The molecule has 38 heavy (non-hydrogen) atoms. The minimum absolute atomic E-state index is 0.0300. The number of piperidine rings is 1. The summed E-state index contributed by atoms with van der Waals surface area (Å²) in [4.78, 5) is 18.5. The van der Waals surface area contributed by atoms with Crippen LogP contribution in [0, 0.1) is 5.92 Å². The van der Waals surface area contributed by atoms with Crippen molar-refractivity contribution in [3.63, 3.8) is 0 Å². The highest BCUT2D eigenvalue weighted by molar-refractivity contribution is 7.89. The van der Waals surface area contributed by atoms with E-state index in [1.807, 2.05) is 53.1 Å². The van der Waals surface area contributed by atoms with Crippen LogP contribution in [0.5, 0.6) is 0 Å². The van der Waals surface area contributed by atoms with Gasteiger partial charge in [-0.15, -0.1) is 0 Å². The summed E-state index contributed by atoms with van der Waals surface area (Å²) < 4.78 is 30.1. The van der Waals surface area contributed by atoms with Gasteiger partial charge in [0.15, 0.2) is 0 Å². The summed E-state index contributed by atoms with van der Waals surface area (Å²) in [5.41, 5.74) is 2.85. The molecule has 8 heteroatoms. The normalized spacial score (nSPS) is 22.7. The first-order valence-electron chi connectivity index (χ1n) is 13.4. The molecule has 198 valence electrons. The lowest BCUT2D eigenvalue weighted by atomic mass is 9.92. The van der Waals surface area contributed by atoms with Gasteiger partial charge in [-0.1, -0.05) is 60.7 Å². The fourth-order valence-electron chi connectivity index (χ4n) is 6.39. The maximum absolute atomic E-state index is 13.3. The highest BCUT2D eigenvalue weighted by atomic mass is 32.2. The maximum Gasteiger partial charge on any atom is 0.326 e. The fourth-order valence-corrected chi connectivity index (χ4v) is 7.65. The van der Waals surface area contributed by atoms with Crippen molar-refractivity contribution in [3.05, 3.63) is 101 Å².